The maximum absolute atomic E-state index is 11.5. The van der Waals surface area contributed by atoms with Crippen LogP contribution in [0.25, 0.3) is 0 Å². The molecule has 2 atom stereocenters. The Morgan fingerprint density at radius 3 is 2.88 bits per heavy atom. The van der Waals surface area contributed by atoms with E-state index in [1.54, 1.807) is 4.90 Å². The third-order valence-electron chi connectivity index (χ3n) is 3.65. The first kappa shape index (κ1) is 11.7. The number of nitrogens with zero attached hydrogens (tertiary/aromatic N) is 2. The quantitative estimate of drug-likeness (QED) is 0.700. The van der Waals surface area contributed by atoms with Gasteiger partial charge in [-0.05, 0) is 25.8 Å². The summed E-state index contributed by atoms with van der Waals surface area (Å²) in [5, 5.41) is 9.16. The van der Waals surface area contributed by atoms with Gasteiger partial charge in [0.15, 0.2) is 0 Å². The summed E-state index contributed by atoms with van der Waals surface area (Å²) in [5.74, 6) is 0. The summed E-state index contributed by atoms with van der Waals surface area (Å²) in [6.45, 7) is 2.81. The van der Waals surface area contributed by atoms with Gasteiger partial charge in [0.1, 0.15) is 0 Å². The number of aliphatic hydroxyl groups is 1. The average Bonchev–Trinajstić information content (AvgIpc) is 2.27. The van der Waals surface area contributed by atoms with Gasteiger partial charge in [0, 0.05) is 25.2 Å². The number of hydrogen-bond acceptors (Lipinski definition) is 4. The fraction of sp³-hybridized carbons (Fsp3) is 0.909. The van der Waals surface area contributed by atoms with Gasteiger partial charge in [0.2, 0.25) is 0 Å². The molecule has 0 aliphatic carbocycles. The van der Waals surface area contributed by atoms with Crippen LogP contribution in [0.4, 0.5) is 4.79 Å². The first-order valence-corrected chi connectivity index (χ1v) is 5.95. The Labute approximate surface area is 96.0 Å². The number of carbonyl (C=O) groups excluding carboxylic acids is 1. The molecule has 0 saturated carbocycles. The maximum Gasteiger partial charge on any atom is 0.409 e. The molecule has 2 aliphatic heterocycles. The predicted molar refractivity (Wildman–Crippen MR) is 59.2 cm³/mol. The minimum atomic E-state index is -0.228. The molecule has 0 radical (unpaired) electrons. The molecule has 0 bridgehead atoms. The summed E-state index contributed by atoms with van der Waals surface area (Å²) in [7, 11) is 1.43. The summed E-state index contributed by atoms with van der Waals surface area (Å²) < 4.78 is 4.77. The van der Waals surface area contributed by atoms with Crippen molar-refractivity contribution in [3.8, 4) is 0 Å². The number of rotatable bonds is 1. The Bertz CT molecular complexity index is 260. The molecule has 0 spiro atoms. The zero-order chi connectivity index (χ0) is 11.5. The van der Waals surface area contributed by atoms with Crippen molar-refractivity contribution in [2.75, 3.05) is 33.4 Å². The van der Waals surface area contributed by atoms with Crippen LogP contribution >= 0.6 is 0 Å². The molecule has 92 valence electrons. The van der Waals surface area contributed by atoms with Gasteiger partial charge < -0.3 is 14.7 Å². The van der Waals surface area contributed by atoms with Crippen LogP contribution in [0, 0.1) is 0 Å². The minimum Gasteiger partial charge on any atom is -0.453 e. The average molecular weight is 228 g/mol. The van der Waals surface area contributed by atoms with Crippen molar-refractivity contribution < 1.29 is 14.6 Å². The molecular weight excluding hydrogens is 208 g/mol. The maximum atomic E-state index is 11.5. The lowest BCUT2D eigenvalue weighted by atomic mass is 9.91. The van der Waals surface area contributed by atoms with Gasteiger partial charge in [-0.1, -0.05) is 0 Å². The molecule has 16 heavy (non-hydrogen) atoms. The van der Waals surface area contributed by atoms with E-state index in [9.17, 15) is 4.79 Å². The van der Waals surface area contributed by atoms with Gasteiger partial charge in [-0.15, -0.1) is 0 Å². The molecule has 2 heterocycles. The molecule has 2 fully saturated rings. The summed E-state index contributed by atoms with van der Waals surface area (Å²) >= 11 is 0. The molecule has 5 heteroatoms. The first-order chi connectivity index (χ1) is 7.76. The SMILES string of the molecule is COC(=O)N1CCCCN2[C@H](CO)C[C@@H]2C1. The monoisotopic (exact) mass is 228 g/mol. The highest BCUT2D eigenvalue weighted by Crippen LogP contribution is 2.28. The Morgan fingerprint density at radius 1 is 1.44 bits per heavy atom. The van der Waals surface area contributed by atoms with Crippen LogP contribution in [0.5, 0.6) is 0 Å². The Hall–Kier alpha value is -0.810. The highest BCUT2D eigenvalue weighted by Gasteiger charge is 2.39. The fourth-order valence-electron chi connectivity index (χ4n) is 2.71. The molecule has 0 aromatic heterocycles. The van der Waals surface area contributed by atoms with E-state index in [0.717, 1.165) is 38.9 Å². The summed E-state index contributed by atoms with van der Waals surface area (Å²) in [6.07, 6.45) is 2.86. The third-order valence-corrected chi connectivity index (χ3v) is 3.65. The predicted octanol–water partition coefficient (Wildman–Crippen LogP) is 0.284. The van der Waals surface area contributed by atoms with Crippen LogP contribution in [-0.4, -0.2) is 66.4 Å². The van der Waals surface area contributed by atoms with Gasteiger partial charge >= 0.3 is 6.09 Å². The van der Waals surface area contributed by atoms with Crippen molar-refractivity contribution in [2.24, 2.45) is 0 Å². The first-order valence-electron chi connectivity index (χ1n) is 5.95. The summed E-state index contributed by atoms with van der Waals surface area (Å²) in [5.41, 5.74) is 0. The van der Waals surface area contributed by atoms with E-state index in [1.807, 2.05) is 0 Å². The van der Waals surface area contributed by atoms with Crippen LogP contribution < -0.4 is 0 Å². The van der Waals surface area contributed by atoms with Gasteiger partial charge in [-0.25, -0.2) is 4.79 Å². The molecule has 2 aliphatic rings. The van der Waals surface area contributed by atoms with Crippen LogP contribution in [0.3, 0.4) is 0 Å². The number of aliphatic hydroxyl groups excluding tert-OH is 1. The lowest BCUT2D eigenvalue weighted by Gasteiger charge is -2.50. The van der Waals surface area contributed by atoms with Crippen LogP contribution in [0.2, 0.25) is 0 Å². The highest BCUT2D eigenvalue weighted by atomic mass is 16.5. The van der Waals surface area contributed by atoms with Crippen molar-refractivity contribution in [1.82, 2.24) is 9.80 Å². The van der Waals surface area contributed by atoms with Crippen molar-refractivity contribution in [2.45, 2.75) is 31.3 Å². The van der Waals surface area contributed by atoms with Gasteiger partial charge in [-0.3, -0.25) is 4.90 Å². The Morgan fingerprint density at radius 2 is 2.19 bits per heavy atom. The number of hydrogen-bond donors (Lipinski definition) is 1. The van der Waals surface area contributed by atoms with E-state index in [-0.39, 0.29) is 12.7 Å². The molecule has 5 nitrogen and oxygen atoms in total. The smallest absolute Gasteiger partial charge is 0.409 e. The van der Waals surface area contributed by atoms with E-state index in [1.165, 1.54) is 7.11 Å². The largest absolute Gasteiger partial charge is 0.453 e. The molecule has 2 rings (SSSR count). The van der Waals surface area contributed by atoms with Gasteiger partial charge in [0.05, 0.1) is 13.7 Å². The molecular formula is C11H20N2O3. The van der Waals surface area contributed by atoms with Gasteiger partial charge in [0.25, 0.3) is 0 Å². The summed E-state index contributed by atoms with van der Waals surface area (Å²) in [4.78, 5) is 15.6. The Kier molecular flexibility index (Phi) is 3.66. The topological polar surface area (TPSA) is 53.0 Å². The van der Waals surface area contributed by atoms with E-state index >= 15 is 0 Å². The number of amides is 1. The number of fused-ring (bicyclic) bond motifs is 1. The Balaban J connectivity index is 1.94. The van der Waals surface area contributed by atoms with E-state index in [0.29, 0.717) is 12.1 Å². The minimum absolute atomic E-state index is 0.228. The van der Waals surface area contributed by atoms with E-state index < -0.39 is 0 Å². The van der Waals surface area contributed by atoms with Crippen molar-refractivity contribution in [3.63, 3.8) is 0 Å². The number of ether oxygens (including phenoxy) is 1. The van der Waals surface area contributed by atoms with Crippen molar-refractivity contribution in [1.29, 1.82) is 0 Å². The summed E-state index contributed by atoms with van der Waals surface area (Å²) in [6, 6.07) is 0.721. The normalized spacial score (nSPS) is 31.0. The van der Waals surface area contributed by atoms with Crippen molar-refractivity contribution >= 4 is 6.09 Å². The highest BCUT2D eigenvalue weighted by molar-refractivity contribution is 5.67. The molecule has 0 aromatic carbocycles. The standard InChI is InChI=1S/C11H20N2O3/c1-16-11(15)12-4-2-3-5-13-9(7-12)6-10(13)8-14/h9-10,14H,2-8H2,1H3/t9-,10+/m1/s1. The van der Waals surface area contributed by atoms with Crippen LogP contribution in [0.15, 0.2) is 0 Å². The molecule has 2 saturated heterocycles. The molecule has 0 aromatic rings. The molecule has 1 N–H and O–H groups in total. The number of carbonyl (C=O) groups is 1. The lowest BCUT2D eigenvalue weighted by Crippen LogP contribution is -2.62. The number of methoxy groups -OCH3 is 1. The van der Waals surface area contributed by atoms with E-state index in [4.69, 9.17) is 9.84 Å². The van der Waals surface area contributed by atoms with E-state index in [2.05, 4.69) is 4.90 Å². The second-order valence-electron chi connectivity index (χ2n) is 4.59. The second kappa shape index (κ2) is 5.01. The van der Waals surface area contributed by atoms with Gasteiger partial charge in [-0.2, -0.15) is 0 Å². The zero-order valence-corrected chi connectivity index (χ0v) is 9.76. The van der Waals surface area contributed by atoms with Crippen molar-refractivity contribution in [3.05, 3.63) is 0 Å². The second-order valence-corrected chi connectivity index (χ2v) is 4.59. The lowest BCUT2D eigenvalue weighted by molar-refractivity contribution is -0.0387. The third kappa shape index (κ3) is 2.15. The van der Waals surface area contributed by atoms with Crippen LogP contribution in [-0.2, 0) is 4.74 Å². The fourth-order valence-corrected chi connectivity index (χ4v) is 2.71. The van der Waals surface area contributed by atoms with Crippen LogP contribution in [0.1, 0.15) is 19.3 Å². The zero-order valence-electron chi connectivity index (χ0n) is 9.76. The molecule has 1 amide bonds. The molecule has 0 unspecified atom stereocenters.